The molecule has 1 saturated heterocycles. The van der Waals surface area contributed by atoms with Crippen molar-refractivity contribution in [2.24, 2.45) is 5.92 Å². The summed E-state index contributed by atoms with van der Waals surface area (Å²) in [6.45, 7) is 3.92. The second kappa shape index (κ2) is 14.4. The van der Waals surface area contributed by atoms with Gasteiger partial charge >= 0.3 is 5.97 Å². The van der Waals surface area contributed by atoms with Crippen molar-refractivity contribution in [3.63, 3.8) is 0 Å². The highest BCUT2D eigenvalue weighted by molar-refractivity contribution is 9.10. The van der Waals surface area contributed by atoms with Crippen LogP contribution < -0.4 is 10.1 Å². The molecular weight excluding hydrogens is 708 g/mol. The van der Waals surface area contributed by atoms with Crippen LogP contribution in [0, 0.1) is 12.8 Å². The third-order valence-electron chi connectivity index (χ3n) is 8.37. The summed E-state index contributed by atoms with van der Waals surface area (Å²) >= 11 is 10.4. The van der Waals surface area contributed by atoms with E-state index < -0.39 is 12.2 Å². The highest BCUT2D eigenvalue weighted by atomic mass is 79.9. The number of alkyl halides is 2. The van der Waals surface area contributed by atoms with Crippen molar-refractivity contribution in [2.75, 3.05) is 32.6 Å². The fourth-order valence-corrected chi connectivity index (χ4v) is 6.47. The maximum atomic E-state index is 13.7. The SMILES string of the molecule is COC(=O)C1CCN(Cc2ncc(-c3cccc(-c4cccc(Nc5nc(C(F)F)nc6cc(Br)cnc56)c4C)c3Cl)nc2OC)CC1. The van der Waals surface area contributed by atoms with Crippen LogP contribution in [0.5, 0.6) is 5.88 Å². The van der Waals surface area contributed by atoms with Crippen molar-refractivity contribution < 1.29 is 23.0 Å². The van der Waals surface area contributed by atoms with Gasteiger partial charge in [-0.3, -0.25) is 14.7 Å². The number of ether oxygens (including phenoxy) is 2. The monoisotopic (exact) mass is 737 g/mol. The normalized spacial score (nSPS) is 14.0. The van der Waals surface area contributed by atoms with Gasteiger partial charge in [0.15, 0.2) is 11.6 Å². The Morgan fingerprint density at radius 2 is 1.77 bits per heavy atom. The van der Waals surface area contributed by atoms with E-state index >= 15 is 0 Å². The number of esters is 1. The predicted octanol–water partition coefficient (Wildman–Crippen LogP) is 7.95. The summed E-state index contributed by atoms with van der Waals surface area (Å²) < 4.78 is 38.5. The highest BCUT2D eigenvalue weighted by Gasteiger charge is 2.27. The smallest absolute Gasteiger partial charge is 0.308 e. The van der Waals surface area contributed by atoms with E-state index in [9.17, 15) is 13.6 Å². The Hall–Kier alpha value is -4.33. The maximum Gasteiger partial charge on any atom is 0.308 e. The van der Waals surface area contributed by atoms with Gasteiger partial charge in [-0.25, -0.2) is 28.7 Å². The third kappa shape index (κ3) is 6.94. The van der Waals surface area contributed by atoms with Crippen molar-refractivity contribution >= 4 is 56.0 Å². The molecule has 4 heterocycles. The number of fused-ring (bicyclic) bond motifs is 1. The number of carbonyl (C=O) groups is 1. The molecule has 0 radical (unpaired) electrons. The number of likely N-dealkylation sites (tertiary alicyclic amines) is 1. The summed E-state index contributed by atoms with van der Waals surface area (Å²) in [5.74, 6) is -0.283. The molecule has 1 aliphatic heterocycles. The highest BCUT2D eigenvalue weighted by Crippen LogP contribution is 2.40. The Bertz CT molecular complexity index is 1990. The number of rotatable bonds is 9. The van der Waals surface area contributed by atoms with E-state index in [0.717, 1.165) is 42.6 Å². The summed E-state index contributed by atoms with van der Waals surface area (Å²) in [6.07, 6.45) is 1.83. The number of nitrogens with zero attached hydrogens (tertiary/aromatic N) is 6. The standard InChI is InChI=1S/C34H31BrClF2N7O3/c1-18-21(6-5-9-24(18)41-31-29-25(14-20(35)15-40-29)42-32(44-31)30(37)38)22-7-4-8-23(28(22)36)26-16-39-27(33(43-26)47-2)17-45-12-10-19(11-13-45)34(46)48-3/h4-9,14-16,19,30H,10-13,17H2,1-3H3,(H,41,42,44). The predicted molar refractivity (Wildman–Crippen MR) is 182 cm³/mol. The Morgan fingerprint density at radius 1 is 1.04 bits per heavy atom. The van der Waals surface area contributed by atoms with Crippen LogP contribution in [0.3, 0.4) is 0 Å². The van der Waals surface area contributed by atoms with Crippen molar-refractivity contribution in [3.8, 4) is 28.3 Å². The molecule has 248 valence electrons. The topological polar surface area (TPSA) is 115 Å². The number of aromatic nitrogens is 5. The van der Waals surface area contributed by atoms with E-state index in [4.69, 9.17) is 31.0 Å². The van der Waals surface area contributed by atoms with Gasteiger partial charge < -0.3 is 14.8 Å². The van der Waals surface area contributed by atoms with Gasteiger partial charge in [0, 0.05) is 34.0 Å². The van der Waals surface area contributed by atoms with E-state index in [0.29, 0.717) is 50.1 Å². The number of pyridine rings is 1. The van der Waals surface area contributed by atoms with Crippen LogP contribution in [0.4, 0.5) is 20.3 Å². The molecule has 0 amide bonds. The van der Waals surface area contributed by atoms with Gasteiger partial charge in [0.25, 0.3) is 6.43 Å². The number of carbonyl (C=O) groups excluding carboxylic acids is 1. The Labute approximate surface area is 289 Å². The van der Waals surface area contributed by atoms with E-state index in [1.54, 1.807) is 25.6 Å². The van der Waals surface area contributed by atoms with Crippen LogP contribution in [0.25, 0.3) is 33.4 Å². The van der Waals surface area contributed by atoms with Crippen LogP contribution in [-0.4, -0.2) is 63.1 Å². The van der Waals surface area contributed by atoms with E-state index in [1.807, 2.05) is 43.3 Å². The van der Waals surface area contributed by atoms with Gasteiger partial charge in [-0.1, -0.05) is 41.9 Å². The minimum Gasteiger partial charge on any atom is -0.480 e. The summed E-state index contributed by atoms with van der Waals surface area (Å²) in [6, 6.07) is 12.9. The van der Waals surface area contributed by atoms with Crippen LogP contribution in [-0.2, 0) is 16.1 Å². The van der Waals surface area contributed by atoms with Crippen molar-refractivity contribution in [3.05, 3.63) is 81.4 Å². The number of hydrogen-bond acceptors (Lipinski definition) is 10. The maximum absolute atomic E-state index is 13.7. The number of methoxy groups -OCH3 is 2. The summed E-state index contributed by atoms with van der Waals surface area (Å²) in [5, 5.41) is 3.66. The van der Waals surface area contributed by atoms with Gasteiger partial charge in [0.2, 0.25) is 5.88 Å². The molecule has 6 rings (SSSR count). The first-order chi connectivity index (χ1) is 23.2. The Balaban J connectivity index is 1.28. The molecule has 48 heavy (non-hydrogen) atoms. The van der Waals surface area contributed by atoms with E-state index in [1.165, 1.54) is 7.11 Å². The fourth-order valence-electron chi connectivity index (χ4n) is 5.83. The molecule has 1 fully saturated rings. The first kappa shape index (κ1) is 33.6. The number of anilines is 2. The first-order valence-corrected chi connectivity index (χ1v) is 16.3. The summed E-state index contributed by atoms with van der Waals surface area (Å²) in [5.41, 5.74) is 5.56. The minimum atomic E-state index is -2.86. The zero-order valence-corrected chi connectivity index (χ0v) is 28.6. The molecular formula is C34H31BrClF2N7O3. The number of halogens is 4. The lowest BCUT2D eigenvalue weighted by atomic mass is 9.96. The van der Waals surface area contributed by atoms with Gasteiger partial charge in [-0.2, -0.15) is 0 Å². The number of nitrogens with one attached hydrogen (secondary N) is 1. The molecule has 1 N–H and O–H groups in total. The molecule has 14 heteroatoms. The van der Waals surface area contributed by atoms with E-state index in [-0.39, 0.29) is 23.2 Å². The van der Waals surface area contributed by atoms with Gasteiger partial charge in [-0.15, -0.1) is 0 Å². The van der Waals surface area contributed by atoms with Crippen LogP contribution in [0.15, 0.2) is 59.3 Å². The average molecular weight is 739 g/mol. The van der Waals surface area contributed by atoms with E-state index in [2.05, 4.69) is 41.1 Å². The van der Waals surface area contributed by atoms with Crippen LogP contribution in [0.1, 0.15) is 36.3 Å². The Kier molecular flexibility index (Phi) is 10.1. The molecule has 1 aliphatic rings. The third-order valence-corrected chi connectivity index (χ3v) is 9.21. The van der Waals surface area contributed by atoms with Crippen LogP contribution >= 0.6 is 27.5 Å². The molecule has 0 aliphatic carbocycles. The van der Waals surface area contributed by atoms with Gasteiger partial charge in [0.1, 0.15) is 11.2 Å². The van der Waals surface area contributed by atoms with Gasteiger partial charge in [0.05, 0.1) is 42.6 Å². The lowest BCUT2D eigenvalue weighted by Crippen LogP contribution is -2.36. The molecule has 5 aromatic rings. The van der Waals surface area contributed by atoms with Crippen molar-refractivity contribution in [1.29, 1.82) is 0 Å². The average Bonchev–Trinajstić information content (AvgIpc) is 3.09. The molecule has 0 unspecified atom stereocenters. The largest absolute Gasteiger partial charge is 0.480 e. The zero-order chi connectivity index (χ0) is 33.9. The second-order valence-corrected chi connectivity index (χ2v) is 12.6. The minimum absolute atomic E-state index is 0.0821. The molecule has 0 saturated carbocycles. The second-order valence-electron chi connectivity index (χ2n) is 11.3. The Morgan fingerprint density at radius 3 is 2.50 bits per heavy atom. The first-order valence-electron chi connectivity index (χ1n) is 15.1. The summed E-state index contributed by atoms with van der Waals surface area (Å²) in [7, 11) is 2.98. The number of hydrogen-bond donors (Lipinski definition) is 1. The molecule has 3 aromatic heterocycles. The van der Waals surface area contributed by atoms with Crippen molar-refractivity contribution in [2.45, 2.75) is 32.7 Å². The number of piperidine rings is 1. The lowest BCUT2D eigenvalue weighted by Gasteiger charge is -2.30. The molecule has 10 nitrogen and oxygen atoms in total. The molecule has 0 spiro atoms. The molecule has 0 bridgehead atoms. The molecule has 0 atom stereocenters. The van der Waals surface area contributed by atoms with Crippen LogP contribution in [0.2, 0.25) is 5.02 Å². The summed E-state index contributed by atoms with van der Waals surface area (Å²) in [4.78, 5) is 36.0. The number of benzene rings is 2. The quantitative estimate of drug-likeness (QED) is 0.150. The lowest BCUT2D eigenvalue weighted by molar-refractivity contribution is -0.147. The zero-order valence-electron chi connectivity index (χ0n) is 26.3. The van der Waals surface area contributed by atoms with Crippen molar-refractivity contribution in [1.82, 2.24) is 29.8 Å². The molecule has 2 aromatic carbocycles. The van der Waals surface area contributed by atoms with Gasteiger partial charge in [-0.05, 0) is 72.0 Å². The fraction of sp³-hybridized carbons (Fsp3) is 0.294.